The van der Waals surface area contributed by atoms with Crippen LogP contribution in [0.2, 0.25) is 0 Å². The highest BCUT2D eigenvalue weighted by Crippen LogP contribution is 2.21. The van der Waals surface area contributed by atoms with Crippen LogP contribution in [0.15, 0.2) is 72.8 Å². The highest BCUT2D eigenvalue weighted by atomic mass is 16.6. The number of nitrogens with one attached hydrogen (secondary N) is 1. The molecule has 3 aromatic carbocycles. The fraction of sp³-hybridized carbons (Fsp3) is 0.200. The second-order valence-corrected chi connectivity index (χ2v) is 7.09. The van der Waals surface area contributed by atoms with Crippen LogP contribution in [0.5, 0.6) is 5.75 Å². The van der Waals surface area contributed by atoms with Gasteiger partial charge in [-0.15, -0.1) is 0 Å². The largest absolute Gasteiger partial charge is 0.482 e. The van der Waals surface area contributed by atoms with Gasteiger partial charge in [-0.2, -0.15) is 0 Å². The Morgan fingerprint density at radius 1 is 0.867 bits per heavy atom. The van der Waals surface area contributed by atoms with Gasteiger partial charge in [0.25, 0.3) is 5.91 Å². The summed E-state index contributed by atoms with van der Waals surface area (Å²) in [6.45, 7) is 3.28. The Hall–Kier alpha value is -3.60. The molecule has 0 aromatic heterocycles. The van der Waals surface area contributed by atoms with Crippen LogP contribution in [0.1, 0.15) is 22.3 Å². The first kappa shape index (κ1) is 21.1. The first-order valence-electron chi connectivity index (χ1n) is 9.78. The third-order valence-corrected chi connectivity index (χ3v) is 4.58. The summed E-state index contributed by atoms with van der Waals surface area (Å²) in [7, 11) is 0. The normalized spacial score (nSPS) is 10.3. The number of aryl methyl sites for hydroxylation is 2. The summed E-state index contributed by atoms with van der Waals surface area (Å²) in [5, 5.41) is 2.75. The zero-order valence-electron chi connectivity index (χ0n) is 17.2. The number of hydrogen-bond donors (Lipinski definition) is 1. The maximum atomic E-state index is 12.1. The predicted octanol–water partition coefficient (Wildman–Crippen LogP) is 4.45. The molecule has 0 radical (unpaired) electrons. The molecule has 0 bridgehead atoms. The minimum atomic E-state index is -0.597. The van der Waals surface area contributed by atoms with Crippen LogP contribution in [0.25, 0.3) is 0 Å². The Labute approximate surface area is 176 Å². The molecule has 0 unspecified atom stereocenters. The van der Waals surface area contributed by atoms with Gasteiger partial charge in [0.2, 0.25) is 0 Å². The fourth-order valence-electron chi connectivity index (χ4n) is 3.07. The maximum absolute atomic E-state index is 12.1. The highest BCUT2D eigenvalue weighted by Gasteiger charge is 2.11. The summed E-state index contributed by atoms with van der Waals surface area (Å²) in [5.41, 5.74) is 4.89. The summed E-state index contributed by atoms with van der Waals surface area (Å²) in [4.78, 5) is 24.1. The molecule has 154 valence electrons. The standard InChI is InChI=1S/C25H25NO4/c1-18-12-13-22(19(2)14-18)26-24(27)16-30-25(28)17-29-23-11-7-6-10-21(23)15-20-8-4-3-5-9-20/h3-14H,15-17H2,1-2H3,(H,26,27). The second-order valence-electron chi connectivity index (χ2n) is 7.09. The topological polar surface area (TPSA) is 64.6 Å². The zero-order valence-corrected chi connectivity index (χ0v) is 17.2. The van der Waals surface area contributed by atoms with Crippen molar-refractivity contribution in [3.05, 3.63) is 95.1 Å². The lowest BCUT2D eigenvalue weighted by molar-refractivity contribution is -0.149. The van der Waals surface area contributed by atoms with Crippen LogP contribution in [0, 0.1) is 13.8 Å². The molecular weight excluding hydrogens is 378 g/mol. The van der Waals surface area contributed by atoms with E-state index in [1.54, 1.807) is 0 Å². The van der Waals surface area contributed by atoms with E-state index in [4.69, 9.17) is 9.47 Å². The van der Waals surface area contributed by atoms with Crippen LogP contribution in [0.4, 0.5) is 5.69 Å². The fourth-order valence-corrected chi connectivity index (χ4v) is 3.07. The number of carbonyl (C=O) groups is 2. The molecular formula is C25H25NO4. The lowest BCUT2D eigenvalue weighted by Crippen LogP contribution is -2.24. The van der Waals surface area contributed by atoms with Gasteiger partial charge in [-0.05, 0) is 42.7 Å². The number of rotatable bonds is 8. The van der Waals surface area contributed by atoms with Crippen LogP contribution in [-0.2, 0) is 20.7 Å². The summed E-state index contributed by atoms with van der Waals surface area (Å²) >= 11 is 0. The van der Waals surface area contributed by atoms with Gasteiger partial charge in [-0.25, -0.2) is 4.79 Å². The Balaban J connectivity index is 1.48. The SMILES string of the molecule is Cc1ccc(NC(=O)COC(=O)COc2ccccc2Cc2ccccc2)c(C)c1. The molecule has 3 rings (SSSR count). The van der Waals surface area contributed by atoms with Crippen molar-refractivity contribution in [3.8, 4) is 5.75 Å². The van der Waals surface area contributed by atoms with E-state index in [-0.39, 0.29) is 19.1 Å². The molecule has 0 aliphatic rings. The van der Waals surface area contributed by atoms with E-state index < -0.39 is 5.97 Å². The highest BCUT2D eigenvalue weighted by molar-refractivity contribution is 5.93. The molecule has 0 spiro atoms. The van der Waals surface area contributed by atoms with Crippen molar-refractivity contribution in [2.75, 3.05) is 18.5 Å². The average molecular weight is 403 g/mol. The quantitative estimate of drug-likeness (QED) is 0.564. The predicted molar refractivity (Wildman–Crippen MR) is 117 cm³/mol. The van der Waals surface area contributed by atoms with E-state index in [1.807, 2.05) is 86.6 Å². The molecule has 0 heterocycles. The molecule has 1 N–H and O–H groups in total. The number of carbonyl (C=O) groups excluding carboxylic acids is 2. The van der Waals surface area contributed by atoms with Crippen molar-refractivity contribution in [2.24, 2.45) is 0 Å². The van der Waals surface area contributed by atoms with E-state index in [1.165, 1.54) is 0 Å². The van der Waals surface area contributed by atoms with Crippen molar-refractivity contribution in [1.29, 1.82) is 0 Å². The molecule has 0 aliphatic heterocycles. The molecule has 1 amide bonds. The monoisotopic (exact) mass is 403 g/mol. The third-order valence-electron chi connectivity index (χ3n) is 4.58. The Morgan fingerprint density at radius 2 is 1.60 bits per heavy atom. The average Bonchev–Trinajstić information content (AvgIpc) is 2.74. The van der Waals surface area contributed by atoms with Gasteiger partial charge >= 0.3 is 5.97 Å². The molecule has 0 saturated carbocycles. The smallest absolute Gasteiger partial charge is 0.344 e. The number of ether oxygens (including phenoxy) is 2. The number of anilines is 1. The van der Waals surface area contributed by atoms with E-state index >= 15 is 0 Å². The lowest BCUT2D eigenvalue weighted by atomic mass is 10.0. The van der Waals surface area contributed by atoms with Crippen molar-refractivity contribution in [1.82, 2.24) is 0 Å². The Kier molecular flexibility index (Phi) is 7.22. The van der Waals surface area contributed by atoms with E-state index in [0.717, 1.165) is 22.3 Å². The van der Waals surface area contributed by atoms with Crippen LogP contribution < -0.4 is 10.1 Å². The van der Waals surface area contributed by atoms with Gasteiger partial charge in [0.15, 0.2) is 13.2 Å². The van der Waals surface area contributed by atoms with Crippen molar-refractivity contribution < 1.29 is 19.1 Å². The van der Waals surface area contributed by atoms with Crippen molar-refractivity contribution >= 4 is 17.6 Å². The maximum Gasteiger partial charge on any atom is 0.344 e. The van der Waals surface area contributed by atoms with Crippen molar-refractivity contribution in [2.45, 2.75) is 20.3 Å². The summed E-state index contributed by atoms with van der Waals surface area (Å²) in [6.07, 6.45) is 0.699. The lowest BCUT2D eigenvalue weighted by Gasteiger charge is -2.12. The summed E-state index contributed by atoms with van der Waals surface area (Å²) in [5.74, 6) is -0.363. The molecule has 0 fully saturated rings. The van der Waals surface area contributed by atoms with E-state index in [9.17, 15) is 9.59 Å². The molecule has 30 heavy (non-hydrogen) atoms. The molecule has 0 aliphatic carbocycles. The van der Waals surface area contributed by atoms with Gasteiger partial charge in [-0.1, -0.05) is 66.2 Å². The van der Waals surface area contributed by atoms with Gasteiger partial charge < -0.3 is 14.8 Å². The van der Waals surface area contributed by atoms with Gasteiger partial charge in [-0.3, -0.25) is 4.79 Å². The molecule has 5 heteroatoms. The van der Waals surface area contributed by atoms with Crippen molar-refractivity contribution in [3.63, 3.8) is 0 Å². The Morgan fingerprint density at radius 3 is 2.37 bits per heavy atom. The molecule has 5 nitrogen and oxygen atoms in total. The van der Waals surface area contributed by atoms with Gasteiger partial charge in [0, 0.05) is 12.1 Å². The number of hydrogen-bond acceptors (Lipinski definition) is 4. The number of para-hydroxylation sites is 1. The van der Waals surface area contributed by atoms with E-state index in [0.29, 0.717) is 17.9 Å². The zero-order chi connectivity index (χ0) is 21.3. The summed E-state index contributed by atoms with van der Waals surface area (Å²) in [6, 6.07) is 23.3. The van der Waals surface area contributed by atoms with Gasteiger partial charge in [0.05, 0.1) is 0 Å². The van der Waals surface area contributed by atoms with E-state index in [2.05, 4.69) is 5.32 Å². The minimum absolute atomic E-state index is 0.261. The number of benzene rings is 3. The minimum Gasteiger partial charge on any atom is -0.482 e. The van der Waals surface area contributed by atoms with Crippen LogP contribution >= 0.6 is 0 Å². The number of esters is 1. The third kappa shape index (κ3) is 6.21. The van der Waals surface area contributed by atoms with Crippen LogP contribution in [-0.4, -0.2) is 25.1 Å². The number of amides is 1. The Bertz CT molecular complexity index is 1010. The first-order chi connectivity index (χ1) is 14.5. The second kappa shape index (κ2) is 10.3. The molecule has 0 atom stereocenters. The molecule has 0 saturated heterocycles. The first-order valence-corrected chi connectivity index (χ1v) is 9.78. The summed E-state index contributed by atoms with van der Waals surface area (Å²) < 4.78 is 10.7. The van der Waals surface area contributed by atoms with Crippen LogP contribution in [0.3, 0.4) is 0 Å². The molecule has 3 aromatic rings. The van der Waals surface area contributed by atoms with Gasteiger partial charge in [0.1, 0.15) is 5.75 Å².